The Balaban J connectivity index is 2.07. The lowest BCUT2D eigenvalue weighted by Crippen LogP contribution is -2.42. The lowest BCUT2D eigenvalue weighted by Gasteiger charge is -2.22. The molecule has 0 aliphatic carbocycles. The zero-order valence-electron chi connectivity index (χ0n) is 10.5. The van der Waals surface area contributed by atoms with Crippen LogP contribution in [0.25, 0.3) is 0 Å². The summed E-state index contributed by atoms with van der Waals surface area (Å²) in [7, 11) is 0. The van der Waals surface area contributed by atoms with Gasteiger partial charge in [0.25, 0.3) is 5.91 Å². The van der Waals surface area contributed by atoms with Gasteiger partial charge in [0.15, 0.2) is 0 Å². The molecule has 0 fully saturated rings. The second-order valence-electron chi connectivity index (χ2n) is 4.60. The Morgan fingerprint density at radius 3 is 2.62 bits per heavy atom. The number of thiophene rings is 1. The van der Waals surface area contributed by atoms with E-state index in [0.717, 1.165) is 9.35 Å². The van der Waals surface area contributed by atoms with E-state index in [0.29, 0.717) is 21.5 Å². The summed E-state index contributed by atoms with van der Waals surface area (Å²) in [4.78, 5) is 25.6. The molecule has 0 saturated carbocycles. The van der Waals surface area contributed by atoms with Gasteiger partial charge in [0, 0.05) is 12.1 Å². The summed E-state index contributed by atoms with van der Waals surface area (Å²) < 4.78 is 1.50. The van der Waals surface area contributed by atoms with Gasteiger partial charge in [-0.2, -0.15) is 0 Å². The van der Waals surface area contributed by atoms with E-state index in [-0.39, 0.29) is 5.91 Å². The van der Waals surface area contributed by atoms with Crippen LogP contribution >= 0.6 is 43.2 Å². The summed E-state index contributed by atoms with van der Waals surface area (Å²) in [5, 5.41) is 9.41. The van der Waals surface area contributed by atoms with Gasteiger partial charge in [-0.3, -0.25) is 9.69 Å². The van der Waals surface area contributed by atoms with Gasteiger partial charge in [-0.1, -0.05) is 18.2 Å². The van der Waals surface area contributed by atoms with Crippen molar-refractivity contribution in [1.29, 1.82) is 0 Å². The topological polar surface area (TPSA) is 57.6 Å². The van der Waals surface area contributed by atoms with Gasteiger partial charge in [0.05, 0.1) is 13.1 Å². The largest absolute Gasteiger partial charge is 0.480 e. The van der Waals surface area contributed by atoms with Gasteiger partial charge < -0.3 is 5.11 Å². The molecule has 21 heavy (non-hydrogen) atoms. The van der Waals surface area contributed by atoms with Crippen LogP contribution in [0.2, 0.25) is 0 Å². The van der Waals surface area contributed by atoms with E-state index in [9.17, 15) is 14.7 Å². The molecule has 1 aliphatic rings. The number of carbonyl (C=O) groups excluding carboxylic acids is 1. The van der Waals surface area contributed by atoms with Crippen LogP contribution in [-0.4, -0.2) is 23.0 Å². The highest BCUT2D eigenvalue weighted by Gasteiger charge is 2.39. The normalized spacial score (nSPS) is 16.9. The summed E-state index contributed by atoms with van der Waals surface area (Å²) in [6, 6.07) is 8.14. The fraction of sp³-hybridized carbons (Fsp3) is 0.143. The highest BCUT2D eigenvalue weighted by Crippen LogP contribution is 2.37. The molecular weight excluding hydrogens is 422 g/mol. The number of anilines is 1. The van der Waals surface area contributed by atoms with Crippen LogP contribution in [0.5, 0.6) is 0 Å². The number of carboxylic acid groups (broad SMARTS) is 1. The maximum atomic E-state index is 12.8. The van der Waals surface area contributed by atoms with E-state index in [1.54, 1.807) is 12.1 Å². The molecule has 2 heterocycles. The van der Waals surface area contributed by atoms with Gasteiger partial charge >= 0.3 is 5.97 Å². The Bertz CT molecular complexity index is 744. The van der Waals surface area contributed by atoms with Crippen molar-refractivity contribution in [3.05, 3.63) is 49.0 Å². The van der Waals surface area contributed by atoms with Crippen LogP contribution in [-0.2, 0) is 11.2 Å². The molecule has 4 nitrogen and oxygen atoms in total. The third-order valence-electron chi connectivity index (χ3n) is 3.37. The maximum Gasteiger partial charge on any atom is 0.327 e. The number of amides is 1. The Morgan fingerprint density at radius 1 is 1.29 bits per heavy atom. The van der Waals surface area contributed by atoms with Crippen molar-refractivity contribution >= 4 is 60.8 Å². The predicted molar refractivity (Wildman–Crippen MR) is 88.1 cm³/mol. The Hall–Kier alpha value is -1.18. The molecule has 2 aromatic rings. The minimum atomic E-state index is -0.995. The van der Waals surface area contributed by atoms with Crippen LogP contribution in [0.1, 0.15) is 15.9 Å². The molecule has 1 aliphatic heterocycles. The Labute approximate surface area is 141 Å². The number of fused-ring (bicyclic) bond motifs is 1. The predicted octanol–water partition coefficient (Wildman–Crippen LogP) is 3.93. The molecule has 0 saturated heterocycles. The van der Waals surface area contributed by atoms with Crippen LogP contribution < -0.4 is 4.90 Å². The number of aliphatic carboxylic acids is 1. The smallest absolute Gasteiger partial charge is 0.327 e. The molecular formula is C14H9Br2NO3S. The average Bonchev–Trinajstić information content (AvgIpc) is 2.98. The molecule has 1 N–H and O–H groups in total. The molecule has 1 amide bonds. The van der Waals surface area contributed by atoms with Crippen molar-refractivity contribution in [2.24, 2.45) is 0 Å². The van der Waals surface area contributed by atoms with Crippen molar-refractivity contribution in [2.45, 2.75) is 12.5 Å². The van der Waals surface area contributed by atoms with Crippen molar-refractivity contribution in [3.63, 3.8) is 0 Å². The first-order chi connectivity index (χ1) is 9.99. The maximum absolute atomic E-state index is 12.8. The molecule has 0 spiro atoms. The number of benzene rings is 1. The van der Waals surface area contributed by atoms with Crippen LogP contribution in [0.3, 0.4) is 0 Å². The number of hydrogen-bond donors (Lipinski definition) is 1. The molecule has 1 atom stereocenters. The Kier molecular flexibility index (Phi) is 3.90. The van der Waals surface area contributed by atoms with Gasteiger partial charge in [-0.15, -0.1) is 11.3 Å². The van der Waals surface area contributed by atoms with E-state index in [2.05, 4.69) is 31.9 Å². The number of hydrogen-bond acceptors (Lipinski definition) is 3. The molecule has 0 bridgehead atoms. The Morgan fingerprint density at radius 2 is 2.00 bits per heavy atom. The average molecular weight is 431 g/mol. The molecule has 1 aromatic heterocycles. The summed E-state index contributed by atoms with van der Waals surface area (Å²) in [5.41, 5.74) is 2.02. The molecule has 1 aromatic carbocycles. The highest BCUT2D eigenvalue weighted by atomic mass is 79.9. The van der Waals surface area contributed by atoms with E-state index in [1.165, 1.54) is 16.2 Å². The summed E-state index contributed by atoms with van der Waals surface area (Å²) in [6.07, 6.45) is 0.334. The number of para-hydroxylation sites is 1. The summed E-state index contributed by atoms with van der Waals surface area (Å²) >= 11 is 8.08. The third-order valence-corrected chi connectivity index (χ3v) is 5.71. The van der Waals surface area contributed by atoms with Gasteiger partial charge in [-0.25, -0.2) is 4.79 Å². The molecule has 1 unspecified atom stereocenters. The number of carboxylic acids is 1. The zero-order valence-corrected chi connectivity index (χ0v) is 14.5. The second-order valence-corrected chi connectivity index (χ2v) is 8.35. The van der Waals surface area contributed by atoms with E-state index < -0.39 is 12.0 Å². The first-order valence-electron chi connectivity index (χ1n) is 6.08. The quantitative estimate of drug-likeness (QED) is 0.785. The lowest BCUT2D eigenvalue weighted by atomic mass is 10.1. The van der Waals surface area contributed by atoms with Crippen molar-refractivity contribution in [3.8, 4) is 0 Å². The monoisotopic (exact) mass is 429 g/mol. The first kappa shape index (κ1) is 14.7. The van der Waals surface area contributed by atoms with E-state index in [4.69, 9.17) is 0 Å². The SMILES string of the molecule is O=C(O)C1Cc2ccccc2N1C(=O)c1cc(Br)sc1Br. The van der Waals surface area contributed by atoms with Crippen LogP contribution in [0, 0.1) is 0 Å². The number of halogens is 2. The van der Waals surface area contributed by atoms with Crippen molar-refractivity contribution in [2.75, 3.05) is 4.90 Å². The highest BCUT2D eigenvalue weighted by molar-refractivity contribution is 9.12. The molecule has 7 heteroatoms. The standard InChI is InChI=1S/C14H9Br2NO3S/c15-11-6-8(12(16)21-11)13(18)17-9-4-2-1-3-7(9)5-10(17)14(19)20/h1-4,6,10H,5H2,(H,19,20). The zero-order chi connectivity index (χ0) is 15.1. The fourth-order valence-electron chi connectivity index (χ4n) is 2.45. The number of rotatable bonds is 2. The third kappa shape index (κ3) is 2.54. The van der Waals surface area contributed by atoms with Gasteiger partial charge in [-0.05, 0) is 49.6 Å². The van der Waals surface area contributed by atoms with Crippen molar-refractivity contribution < 1.29 is 14.7 Å². The minimum Gasteiger partial charge on any atom is -0.480 e. The second kappa shape index (κ2) is 5.55. The molecule has 3 rings (SSSR count). The van der Waals surface area contributed by atoms with Crippen LogP contribution in [0.4, 0.5) is 5.69 Å². The molecule has 0 radical (unpaired) electrons. The van der Waals surface area contributed by atoms with E-state index in [1.807, 2.05) is 18.2 Å². The minimum absolute atomic E-state index is 0.304. The van der Waals surface area contributed by atoms with Crippen LogP contribution in [0.15, 0.2) is 37.9 Å². The van der Waals surface area contributed by atoms with Crippen molar-refractivity contribution in [1.82, 2.24) is 0 Å². The van der Waals surface area contributed by atoms with E-state index >= 15 is 0 Å². The van der Waals surface area contributed by atoms with Gasteiger partial charge in [0.2, 0.25) is 0 Å². The molecule has 108 valence electrons. The number of carbonyl (C=O) groups is 2. The number of nitrogens with zero attached hydrogens (tertiary/aromatic N) is 1. The first-order valence-corrected chi connectivity index (χ1v) is 8.48. The van der Waals surface area contributed by atoms with Gasteiger partial charge in [0.1, 0.15) is 6.04 Å². The summed E-state index contributed by atoms with van der Waals surface area (Å²) in [6.45, 7) is 0. The summed E-state index contributed by atoms with van der Waals surface area (Å²) in [5.74, 6) is -1.30. The lowest BCUT2D eigenvalue weighted by molar-refractivity contribution is -0.138. The fourth-order valence-corrected chi connectivity index (χ4v) is 5.23.